The molecule has 0 fully saturated rings. The molecule has 4 nitrogen and oxygen atoms in total. The van der Waals surface area contributed by atoms with E-state index in [0.717, 1.165) is 25.8 Å². The Kier molecular flexibility index (Phi) is 5.59. The van der Waals surface area contributed by atoms with Crippen molar-refractivity contribution >= 4 is 6.09 Å². The predicted octanol–water partition coefficient (Wildman–Crippen LogP) is 4.48. The van der Waals surface area contributed by atoms with Crippen molar-refractivity contribution in [1.82, 2.24) is 10.6 Å². The van der Waals surface area contributed by atoms with E-state index in [4.69, 9.17) is 4.74 Å². The molecule has 0 saturated heterocycles. The highest BCUT2D eigenvalue weighted by atomic mass is 16.6. The van der Waals surface area contributed by atoms with E-state index in [1.807, 2.05) is 20.8 Å². The predicted molar refractivity (Wildman–Crippen MR) is 98.1 cm³/mol. The van der Waals surface area contributed by atoms with Crippen LogP contribution in [-0.2, 0) is 17.7 Å². The van der Waals surface area contributed by atoms with Crippen molar-refractivity contribution in [2.45, 2.75) is 84.5 Å². The second-order valence-corrected chi connectivity index (χ2v) is 8.73. The minimum absolute atomic E-state index is 0.0493. The Bertz CT molecular complexity index is 582. The van der Waals surface area contributed by atoms with Gasteiger partial charge in [-0.25, -0.2) is 4.79 Å². The molecular weight excluding hydrogens is 300 g/mol. The van der Waals surface area contributed by atoms with E-state index in [1.54, 1.807) is 0 Å². The molecule has 4 heteroatoms. The lowest BCUT2D eigenvalue weighted by molar-refractivity contribution is 0.0498. The fraction of sp³-hybridized carbons (Fsp3) is 0.650. The van der Waals surface area contributed by atoms with Crippen molar-refractivity contribution in [3.8, 4) is 0 Å². The Hall–Kier alpha value is -1.55. The number of hydrogen-bond acceptors (Lipinski definition) is 3. The van der Waals surface area contributed by atoms with Crippen molar-refractivity contribution in [2.24, 2.45) is 0 Å². The zero-order valence-electron chi connectivity index (χ0n) is 16.0. The van der Waals surface area contributed by atoms with Crippen LogP contribution < -0.4 is 10.6 Å². The molecule has 1 aliphatic rings. The normalized spacial score (nSPS) is 18.0. The summed E-state index contributed by atoms with van der Waals surface area (Å²) in [7, 11) is 0. The van der Waals surface area contributed by atoms with Gasteiger partial charge in [-0.15, -0.1) is 0 Å². The summed E-state index contributed by atoms with van der Waals surface area (Å²) in [6, 6.07) is 6.65. The molecule has 1 aliphatic carbocycles. The molecule has 0 spiro atoms. The Morgan fingerprint density at radius 1 is 1.21 bits per heavy atom. The molecule has 2 rings (SSSR count). The number of alkyl carbamates (subject to hydrolysis) is 1. The van der Waals surface area contributed by atoms with E-state index in [-0.39, 0.29) is 17.7 Å². The van der Waals surface area contributed by atoms with Crippen LogP contribution in [0.5, 0.6) is 0 Å². The molecule has 134 valence electrons. The molecule has 1 amide bonds. The lowest BCUT2D eigenvalue weighted by Gasteiger charge is -2.29. The third-order valence-electron chi connectivity index (χ3n) is 4.04. The summed E-state index contributed by atoms with van der Waals surface area (Å²) in [5.41, 5.74) is 3.50. The molecule has 1 unspecified atom stereocenters. The number of ether oxygens (including phenoxy) is 1. The van der Waals surface area contributed by atoms with Gasteiger partial charge < -0.3 is 15.4 Å². The molecular formula is C20H32N2O2. The van der Waals surface area contributed by atoms with Crippen LogP contribution in [0.4, 0.5) is 4.79 Å². The third kappa shape index (κ3) is 5.82. The molecule has 0 aliphatic heterocycles. The van der Waals surface area contributed by atoms with Gasteiger partial charge in [-0.05, 0) is 77.5 Å². The first-order valence-electron chi connectivity index (χ1n) is 8.90. The molecule has 1 aromatic carbocycles. The largest absolute Gasteiger partial charge is 0.444 e. The van der Waals surface area contributed by atoms with Gasteiger partial charge in [0.1, 0.15) is 5.60 Å². The number of carbonyl (C=O) groups is 1. The average molecular weight is 332 g/mol. The first-order chi connectivity index (χ1) is 11.0. The van der Waals surface area contributed by atoms with Gasteiger partial charge in [0.15, 0.2) is 0 Å². The first-order valence-corrected chi connectivity index (χ1v) is 8.90. The van der Waals surface area contributed by atoms with Gasteiger partial charge in [-0.2, -0.15) is 0 Å². The molecule has 24 heavy (non-hydrogen) atoms. The van der Waals surface area contributed by atoms with Crippen LogP contribution in [0.25, 0.3) is 0 Å². The molecule has 0 aromatic heterocycles. The molecule has 0 radical (unpaired) electrons. The average Bonchev–Trinajstić information content (AvgIpc) is 2.42. The highest BCUT2D eigenvalue weighted by Gasteiger charge is 2.24. The van der Waals surface area contributed by atoms with E-state index in [0.29, 0.717) is 0 Å². The number of aryl methyl sites for hydroxylation is 1. The number of carbonyl (C=O) groups excluding carboxylic acids is 1. The van der Waals surface area contributed by atoms with Crippen molar-refractivity contribution in [3.05, 3.63) is 34.9 Å². The van der Waals surface area contributed by atoms with Crippen LogP contribution in [0.2, 0.25) is 0 Å². The Balaban J connectivity index is 2.06. The molecule has 2 N–H and O–H groups in total. The van der Waals surface area contributed by atoms with Crippen LogP contribution in [0, 0.1) is 0 Å². The molecule has 0 heterocycles. The summed E-state index contributed by atoms with van der Waals surface area (Å²) in [5.74, 6) is 0. The van der Waals surface area contributed by atoms with Crippen molar-refractivity contribution in [1.29, 1.82) is 0 Å². The number of amides is 1. The topological polar surface area (TPSA) is 50.4 Å². The van der Waals surface area contributed by atoms with Crippen LogP contribution in [-0.4, -0.2) is 17.2 Å². The van der Waals surface area contributed by atoms with E-state index >= 15 is 0 Å². The van der Waals surface area contributed by atoms with E-state index in [9.17, 15) is 4.79 Å². The van der Waals surface area contributed by atoms with Crippen LogP contribution in [0.1, 0.15) is 77.1 Å². The van der Waals surface area contributed by atoms with Crippen LogP contribution >= 0.6 is 0 Å². The van der Waals surface area contributed by atoms with Crippen molar-refractivity contribution < 1.29 is 9.53 Å². The quantitative estimate of drug-likeness (QED) is 0.858. The number of rotatable bonds is 3. The summed E-state index contributed by atoms with van der Waals surface area (Å²) >= 11 is 0. The Morgan fingerprint density at radius 3 is 2.54 bits per heavy atom. The summed E-state index contributed by atoms with van der Waals surface area (Å²) in [4.78, 5) is 12.1. The summed E-state index contributed by atoms with van der Waals surface area (Å²) in [5, 5.41) is 6.55. The molecule has 0 bridgehead atoms. The minimum Gasteiger partial charge on any atom is -0.444 e. The highest BCUT2D eigenvalue weighted by Crippen LogP contribution is 2.30. The highest BCUT2D eigenvalue weighted by molar-refractivity contribution is 5.68. The Labute approximate surface area is 146 Å². The molecule has 1 aromatic rings. The lowest BCUT2D eigenvalue weighted by atomic mass is 9.86. The van der Waals surface area contributed by atoms with Crippen molar-refractivity contribution in [2.75, 3.05) is 0 Å². The first kappa shape index (κ1) is 18.8. The maximum Gasteiger partial charge on any atom is 0.408 e. The summed E-state index contributed by atoms with van der Waals surface area (Å²) in [6.45, 7) is 13.0. The third-order valence-corrected chi connectivity index (χ3v) is 4.04. The summed E-state index contributed by atoms with van der Waals surface area (Å²) in [6.07, 6.45) is 2.79. The maximum atomic E-state index is 12.1. The van der Waals surface area contributed by atoms with E-state index in [1.165, 1.54) is 16.7 Å². The van der Waals surface area contributed by atoms with Gasteiger partial charge >= 0.3 is 6.09 Å². The van der Waals surface area contributed by atoms with Gasteiger partial charge in [0.05, 0.1) is 6.04 Å². The second-order valence-electron chi connectivity index (χ2n) is 8.73. The second kappa shape index (κ2) is 7.14. The van der Waals surface area contributed by atoms with Crippen LogP contribution in [0.15, 0.2) is 18.2 Å². The van der Waals surface area contributed by atoms with Crippen LogP contribution in [0.3, 0.4) is 0 Å². The smallest absolute Gasteiger partial charge is 0.408 e. The minimum atomic E-state index is -0.468. The standard InChI is InChI=1S/C20H32N2O2/c1-19(2,3)21-13-14-10-11-16-15(12-14)8-7-9-17(16)22-18(23)24-20(4,5)6/h10-12,17,21H,7-9,13H2,1-6H3,(H,22,23). The fourth-order valence-electron chi connectivity index (χ4n) is 2.94. The van der Waals surface area contributed by atoms with E-state index < -0.39 is 5.60 Å². The number of nitrogens with one attached hydrogen (secondary N) is 2. The fourth-order valence-corrected chi connectivity index (χ4v) is 2.94. The number of hydrogen-bond donors (Lipinski definition) is 2. The number of fused-ring (bicyclic) bond motifs is 1. The van der Waals surface area contributed by atoms with E-state index in [2.05, 4.69) is 49.6 Å². The lowest BCUT2D eigenvalue weighted by Crippen LogP contribution is -2.36. The molecule has 0 saturated carbocycles. The zero-order chi connectivity index (χ0) is 18.0. The van der Waals surface area contributed by atoms with Gasteiger partial charge in [-0.1, -0.05) is 18.2 Å². The van der Waals surface area contributed by atoms with Gasteiger partial charge in [0.25, 0.3) is 0 Å². The maximum absolute atomic E-state index is 12.1. The molecule has 1 atom stereocenters. The monoisotopic (exact) mass is 332 g/mol. The van der Waals surface area contributed by atoms with Gasteiger partial charge in [0.2, 0.25) is 0 Å². The Morgan fingerprint density at radius 2 is 1.92 bits per heavy atom. The van der Waals surface area contributed by atoms with Crippen molar-refractivity contribution in [3.63, 3.8) is 0 Å². The SMILES string of the molecule is CC(C)(C)NCc1ccc2c(c1)CCCC2NC(=O)OC(C)(C)C. The number of benzene rings is 1. The summed E-state index contributed by atoms with van der Waals surface area (Å²) < 4.78 is 5.40. The van der Waals surface area contributed by atoms with Gasteiger partial charge in [-0.3, -0.25) is 0 Å². The van der Waals surface area contributed by atoms with Gasteiger partial charge in [0, 0.05) is 12.1 Å². The zero-order valence-corrected chi connectivity index (χ0v) is 16.0.